The molecule has 2 rings (SSSR count). The van der Waals surface area contributed by atoms with Crippen molar-refractivity contribution in [1.82, 2.24) is 5.32 Å². The largest absolute Gasteiger partial charge is 0.398 e. The molecule has 0 bridgehead atoms. The Morgan fingerprint density at radius 3 is 3.00 bits per heavy atom. The second kappa shape index (κ2) is 7.71. The highest BCUT2D eigenvalue weighted by atomic mass is 79.9. The van der Waals surface area contributed by atoms with Crippen molar-refractivity contribution in [2.45, 2.75) is 11.3 Å². The summed E-state index contributed by atoms with van der Waals surface area (Å²) in [7, 11) is 0. The third-order valence-electron chi connectivity index (χ3n) is 2.61. The number of nitrogens with two attached hydrogens (primary N) is 1. The summed E-state index contributed by atoms with van der Waals surface area (Å²) in [5, 5.41) is 4.96. The van der Waals surface area contributed by atoms with E-state index in [9.17, 15) is 4.79 Å². The van der Waals surface area contributed by atoms with Crippen molar-refractivity contribution < 1.29 is 4.79 Å². The third kappa shape index (κ3) is 4.85. The molecule has 0 spiro atoms. The summed E-state index contributed by atoms with van der Waals surface area (Å²) in [6, 6.07) is 9.75. The Bertz CT molecular complexity index is 573. The Labute approximate surface area is 135 Å². The number of amides is 1. The van der Waals surface area contributed by atoms with Gasteiger partial charge in [0, 0.05) is 26.5 Å². The number of benzene rings is 1. The van der Waals surface area contributed by atoms with Crippen LogP contribution in [0.5, 0.6) is 0 Å². The minimum absolute atomic E-state index is 0.0333. The summed E-state index contributed by atoms with van der Waals surface area (Å²) < 4.78 is 0.965. The van der Waals surface area contributed by atoms with E-state index in [1.165, 1.54) is 16.6 Å². The second-order valence-electron chi connectivity index (χ2n) is 4.15. The minimum Gasteiger partial charge on any atom is -0.398 e. The predicted molar refractivity (Wildman–Crippen MR) is 90.3 cm³/mol. The second-order valence-corrected chi connectivity index (χ2v) is 7.12. The van der Waals surface area contributed by atoms with Crippen LogP contribution in [0.25, 0.3) is 0 Å². The van der Waals surface area contributed by atoms with Crippen LogP contribution in [0.1, 0.15) is 4.88 Å². The van der Waals surface area contributed by atoms with Gasteiger partial charge in [-0.25, -0.2) is 0 Å². The van der Waals surface area contributed by atoms with Gasteiger partial charge in [0.15, 0.2) is 0 Å². The molecule has 2 aromatic rings. The van der Waals surface area contributed by atoms with E-state index >= 15 is 0 Å². The number of carbonyl (C=O) groups excluding carboxylic acids is 1. The van der Waals surface area contributed by atoms with Gasteiger partial charge < -0.3 is 11.1 Å². The molecule has 1 aromatic heterocycles. The minimum atomic E-state index is 0.0333. The van der Waals surface area contributed by atoms with E-state index in [1.807, 2.05) is 29.6 Å². The van der Waals surface area contributed by atoms with Gasteiger partial charge in [-0.2, -0.15) is 0 Å². The van der Waals surface area contributed by atoms with Crippen molar-refractivity contribution in [3.63, 3.8) is 0 Å². The van der Waals surface area contributed by atoms with E-state index in [4.69, 9.17) is 5.73 Å². The molecule has 3 nitrogen and oxygen atoms in total. The standard InChI is InChI=1S/C14H15BrN2OS2/c15-10-3-4-12(16)13(8-10)20-9-14(18)17-6-5-11-2-1-7-19-11/h1-4,7-8H,5-6,9,16H2,(H,17,18). The first-order valence-corrected chi connectivity index (χ1v) is 8.78. The fourth-order valence-corrected chi connectivity index (χ4v) is 3.66. The number of hydrogen-bond acceptors (Lipinski definition) is 4. The molecule has 0 radical (unpaired) electrons. The van der Waals surface area contributed by atoms with Gasteiger partial charge in [0.1, 0.15) is 0 Å². The number of nitrogens with one attached hydrogen (secondary N) is 1. The molecule has 0 unspecified atom stereocenters. The van der Waals surface area contributed by atoms with Crippen molar-refractivity contribution in [1.29, 1.82) is 0 Å². The zero-order valence-corrected chi connectivity index (χ0v) is 14.0. The maximum atomic E-state index is 11.8. The van der Waals surface area contributed by atoms with Crippen LogP contribution >= 0.6 is 39.0 Å². The molecule has 0 saturated carbocycles. The number of hydrogen-bond donors (Lipinski definition) is 2. The average Bonchev–Trinajstić information content (AvgIpc) is 2.93. The van der Waals surface area contributed by atoms with Crippen LogP contribution in [0.15, 0.2) is 45.1 Å². The molecule has 0 saturated heterocycles. The van der Waals surface area contributed by atoms with Gasteiger partial charge in [0.25, 0.3) is 0 Å². The van der Waals surface area contributed by atoms with Crippen molar-refractivity contribution in [3.8, 4) is 0 Å². The van der Waals surface area contributed by atoms with Crippen LogP contribution in [-0.2, 0) is 11.2 Å². The number of thioether (sulfide) groups is 1. The van der Waals surface area contributed by atoms with Crippen LogP contribution in [0, 0.1) is 0 Å². The third-order valence-corrected chi connectivity index (χ3v) is 5.11. The van der Waals surface area contributed by atoms with E-state index in [0.29, 0.717) is 18.0 Å². The summed E-state index contributed by atoms with van der Waals surface area (Å²) in [5.74, 6) is 0.413. The number of anilines is 1. The number of rotatable bonds is 6. The van der Waals surface area contributed by atoms with E-state index in [2.05, 4.69) is 27.3 Å². The molecule has 1 amide bonds. The number of halogens is 1. The molecule has 0 aliphatic rings. The van der Waals surface area contributed by atoms with Crippen molar-refractivity contribution in [3.05, 3.63) is 45.1 Å². The maximum Gasteiger partial charge on any atom is 0.230 e. The van der Waals surface area contributed by atoms with Gasteiger partial charge in [-0.3, -0.25) is 4.79 Å². The van der Waals surface area contributed by atoms with Crippen molar-refractivity contribution >= 4 is 50.6 Å². The fraction of sp³-hybridized carbons (Fsp3) is 0.214. The predicted octanol–water partition coefficient (Wildman–Crippen LogP) is 3.54. The van der Waals surface area contributed by atoms with Crippen LogP contribution < -0.4 is 11.1 Å². The first-order valence-electron chi connectivity index (χ1n) is 6.12. The molecule has 1 aromatic carbocycles. The van der Waals surface area contributed by atoms with Gasteiger partial charge in [-0.1, -0.05) is 22.0 Å². The Morgan fingerprint density at radius 1 is 1.40 bits per heavy atom. The lowest BCUT2D eigenvalue weighted by atomic mass is 10.3. The van der Waals surface area contributed by atoms with Crippen LogP contribution in [0.3, 0.4) is 0 Å². The molecule has 106 valence electrons. The highest BCUT2D eigenvalue weighted by Crippen LogP contribution is 2.27. The topological polar surface area (TPSA) is 55.1 Å². The fourth-order valence-electron chi connectivity index (χ4n) is 1.61. The summed E-state index contributed by atoms with van der Waals surface area (Å²) in [6.45, 7) is 0.674. The lowest BCUT2D eigenvalue weighted by Crippen LogP contribution is -2.27. The smallest absolute Gasteiger partial charge is 0.230 e. The first-order chi connectivity index (χ1) is 9.65. The van der Waals surface area contributed by atoms with Gasteiger partial charge in [0.05, 0.1) is 5.75 Å². The Kier molecular flexibility index (Phi) is 5.94. The molecule has 0 fully saturated rings. The van der Waals surface area contributed by atoms with Crippen LogP contribution in [0.2, 0.25) is 0 Å². The number of thiophene rings is 1. The average molecular weight is 371 g/mol. The SMILES string of the molecule is Nc1ccc(Br)cc1SCC(=O)NCCc1cccs1. The molecule has 0 aliphatic carbocycles. The lowest BCUT2D eigenvalue weighted by molar-refractivity contribution is -0.118. The molecular formula is C14H15BrN2OS2. The van der Waals surface area contributed by atoms with E-state index in [0.717, 1.165) is 15.8 Å². The van der Waals surface area contributed by atoms with Gasteiger partial charge in [-0.15, -0.1) is 23.1 Å². The molecule has 3 N–H and O–H groups in total. The zero-order chi connectivity index (χ0) is 14.4. The van der Waals surface area contributed by atoms with Gasteiger partial charge >= 0.3 is 0 Å². The lowest BCUT2D eigenvalue weighted by Gasteiger charge is -2.07. The van der Waals surface area contributed by atoms with Crippen molar-refractivity contribution in [2.24, 2.45) is 0 Å². The number of nitrogen functional groups attached to an aromatic ring is 1. The normalized spacial score (nSPS) is 10.4. The molecule has 6 heteroatoms. The van der Waals surface area contributed by atoms with Gasteiger partial charge in [-0.05, 0) is 36.1 Å². The Morgan fingerprint density at radius 2 is 2.25 bits per heavy atom. The van der Waals surface area contributed by atoms with Crippen LogP contribution in [0.4, 0.5) is 5.69 Å². The van der Waals surface area contributed by atoms with E-state index in [1.54, 1.807) is 11.3 Å². The first kappa shape index (κ1) is 15.4. The zero-order valence-electron chi connectivity index (χ0n) is 10.8. The van der Waals surface area contributed by atoms with Gasteiger partial charge in [0.2, 0.25) is 5.91 Å². The summed E-state index contributed by atoms with van der Waals surface area (Å²) >= 11 is 6.56. The molecule has 0 aliphatic heterocycles. The molecule has 20 heavy (non-hydrogen) atoms. The number of carbonyl (C=O) groups is 1. The molecular weight excluding hydrogens is 356 g/mol. The Balaban J connectivity index is 1.73. The summed E-state index contributed by atoms with van der Waals surface area (Å²) in [6.07, 6.45) is 0.882. The van der Waals surface area contributed by atoms with Crippen LogP contribution in [-0.4, -0.2) is 18.2 Å². The summed E-state index contributed by atoms with van der Waals surface area (Å²) in [5.41, 5.74) is 6.57. The van der Waals surface area contributed by atoms with Crippen molar-refractivity contribution in [2.75, 3.05) is 18.0 Å². The Hall–Kier alpha value is -0.980. The highest BCUT2D eigenvalue weighted by Gasteiger charge is 2.06. The highest BCUT2D eigenvalue weighted by molar-refractivity contribution is 9.10. The van der Waals surface area contributed by atoms with E-state index in [-0.39, 0.29) is 5.91 Å². The van der Waals surface area contributed by atoms with E-state index < -0.39 is 0 Å². The monoisotopic (exact) mass is 370 g/mol. The quantitative estimate of drug-likeness (QED) is 0.603. The maximum absolute atomic E-state index is 11.8. The molecule has 0 atom stereocenters. The summed E-state index contributed by atoms with van der Waals surface area (Å²) in [4.78, 5) is 14.0. The molecule has 1 heterocycles.